The minimum Gasteiger partial charge on any atom is -0.348 e. The van der Waals surface area contributed by atoms with Gasteiger partial charge < -0.3 is 15.2 Å². The van der Waals surface area contributed by atoms with Crippen LogP contribution in [0.25, 0.3) is 0 Å². The van der Waals surface area contributed by atoms with Crippen LogP contribution in [0.4, 0.5) is 0 Å². The predicted octanol–water partition coefficient (Wildman–Crippen LogP) is 0.601. The van der Waals surface area contributed by atoms with Crippen molar-refractivity contribution in [2.24, 2.45) is 5.92 Å². The molecule has 10 heteroatoms. The van der Waals surface area contributed by atoms with Crippen LogP contribution in [0.3, 0.4) is 0 Å². The van der Waals surface area contributed by atoms with Crippen LogP contribution in [0, 0.1) is 17.2 Å². The van der Waals surface area contributed by atoms with Gasteiger partial charge in [-0.1, -0.05) is 5.16 Å². The quantitative estimate of drug-likeness (QED) is 0.731. The summed E-state index contributed by atoms with van der Waals surface area (Å²) in [6, 6.07) is 2.90. The van der Waals surface area contributed by atoms with Crippen LogP contribution in [-0.2, 0) is 10.0 Å². The number of hydrogen-bond acceptors (Lipinski definition) is 7. The first-order chi connectivity index (χ1) is 13.5. The molecule has 28 heavy (non-hydrogen) atoms. The topological polar surface area (TPSA) is 128 Å². The van der Waals surface area contributed by atoms with E-state index in [-0.39, 0.29) is 47.2 Å². The normalized spacial score (nSPS) is 28.8. The second kappa shape index (κ2) is 7.81. The third-order valence-electron chi connectivity index (χ3n) is 6.08. The van der Waals surface area contributed by atoms with Crippen LogP contribution < -0.4 is 10.6 Å². The zero-order chi connectivity index (χ0) is 19.7. The van der Waals surface area contributed by atoms with Crippen LogP contribution in [0.1, 0.15) is 54.8 Å². The summed E-state index contributed by atoms with van der Waals surface area (Å²) in [7, 11) is -3.29. The molecule has 3 atom stereocenters. The fourth-order valence-corrected chi connectivity index (χ4v) is 7.23. The average molecular weight is 407 g/mol. The Labute approximate surface area is 164 Å². The standard InChI is InChI=1S/C18H25N5O4S/c19-10-16-9-17(22-27-16)18(24)21-13-7-14-1-2-15(8-13)23(14)28(25,26)11-12-3-5-20-6-4-12/h9,12-15,20H,1-8,11H2,(H,21,24)/t13?,14-,15+. The van der Waals surface area contributed by atoms with Crippen molar-refractivity contribution in [1.29, 1.82) is 5.26 Å². The Bertz CT molecular complexity index is 857. The van der Waals surface area contributed by atoms with Crippen molar-refractivity contribution in [3.8, 4) is 6.07 Å². The first-order valence-corrected chi connectivity index (χ1v) is 11.5. The Kier molecular flexibility index (Phi) is 5.40. The van der Waals surface area contributed by atoms with E-state index in [9.17, 15) is 13.2 Å². The van der Waals surface area contributed by atoms with Crippen molar-refractivity contribution in [1.82, 2.24) is 20.1 Å². The second-order valence-electron chi connectivity index (χ2n) is 8.02. The molecule has 0 aliphatic carbocycles. The van der Waals surface area contributed by atoms with Crippen LogP contribution in [0.5, 0.6) is 0 Å². The van der Waals surface area contributed by atoms with Gasteiger partial charge in [0.15, 0.2) is 5.69 Å². The molecule has 0 aromatic carbocycles. The van der Waals surface area contributed by atoms with Gasteiger partial charge in [-0.05, 0) is 57.5 Å². The van der Waals surface area contributed by atoms with Gasteiger partial charge in [-0.2, -0.15) is 9.57 Å². The monoisotopic (exact) mass is 407 g/mol. The maximum atomic E-state index is 13.1. The predicted molar refractivity (Wildman–Crippen MR) is 99.7 cm³/mol. The molecule has 0 spiro atoms. The molecule has 1 aromatic rings. The number of hydrogen-bond donors (Lipinski definition) is 2. The van der Waals surface area contributed by atoms with E-state index in [0.717, 1.165) is 38.8 Å². The smallest absolute Gasteiger partial charge is 0.273 e. The molecule has 3 aliphatic heterocycles. The maximum absolute atomic E-state index is 13.1. The van der Waals surface area contributed by atoms with Crippen molar-refractivity contribution >= 4 is 15.9 Å². The van der Waals surface area contributed by atoms with Gasteiger partial charge in [-0.25, -0.2) is 8.42 Å². The van der Waals surface area contributed by atoms with E-state index in [1.54, 1.807) is 10.4 Å². The highest BCUT2D eigenvalue weighted by atomic mass is 32.2. The Balaban J connectivity index is 1.38. The summed E-state index contributed by atoms with van der Waals surface area (Å²) in [5, 5.41) is 18.6. The molecule has 1 unspecified atom stereocenters. The van der Waals surface area contributed by atoms with E-state index >= 15 is 0 Å². The van der Waals surface area contributed by atoms with Gasteiger partial charge in [0.05, 0.1) is 5.75 Å². The number of aromatic nitrogens is 1. The van der Waals surface area contributed by atoms with Crippen molar-refractivity contribution < 1.29 is 17.7 Å². The maximum Gasteiger partial charge on any atom is 0.273 e. The van der Waals surface area contributed by atoms with E-state index in [0.29, 0.717) is 12.8 Å². The van der Waals surface area contributed by atoms with Crippen LogP contribution in [-0.4, -0.2) is 60.8 Å². The molecular weight excluding hydrogens is 382 g/mol. The first kappa shape index (κ1) is 19.4. The van der Waals surface area contributed by atoms with Gasteiger partial charge >= 0.3 is 0 Å². The van der Waals surface area contributed by atoms with Gasteiger partial charge in [-0.3, -0.25) is 4.79 Å². The number of sulfonamides is 1. The Morgan fingerprint density at radius 1 is 1.29 bits per heavy atom. The molecule has 3 fully saturated rings. The molecule has 2 bridgehead atoms. The molecule has 4 rings (SSSR count). The molecule has 152 valence electrons. The lowest BCUT2D eigenvalue weighted by Crippen LogP contribution is -2.53. The molecule has 1 amide bonds. The summed E-state index contributed by atoms with van der Waals surface area (Å²) < 4.78 is 32.6. The summed E-state index contributed by atoms with van der Waals surface area (Å²) in [6.07, 6.45) is 4.70. The largest absolute Gasteiger partial charge is 0.348 e. The molecule has 3 aliphatic rings. The zero-order valence-electron chi connectivity index (χ0n) is 15.6. The Morgan fingerprint density at radius 3 is 2.57 bits per heavy atom. The molecular formula is C18H25N5O4S. The summed E-state index contributed by atoms with van der Waals surface area (Å²) in [5.41, 5.74) is 0.0739. The number of rotatable bonds is 5. The zero-order valence-corrected chi connectivity index (χ0v) is 16.5. The third-order valence-corrected chi connectivity index (χ3v) is 8.21. The minimum atomic E-state index is -3.29. The lowest BCUT2D eigenvalue weighted by molar-refractivity contribution is 0.0900. The van der Waals surface area contributed by atoms with Gasteiger partial charge in [0.1, 0.15) is 6.07 Å². The number of nitrogens with one attached hydrogen (secondary N) is 2. The van der Waals surface area contributed by atoms with E-state index in [2.05, 4.69) is 15.8 Å². The van der Waals surface area contributed by atoms with Gasteiger partial charge in [0, 0.05) is 24.2 Å². The van der Waals surface area contributed by atoms with Crippen molar-refractivity contribution in [2.75, 3.05) is 18.8 Å². The second-order valence-corrected chi connectivity index (χ2v) is 9.94. The number of piperidine rings is 2. The number of nitriles is 1. The minimum absolute atomic E-state index is 0.0101. The summed E-state index contributed by atoms with van der Waals surface area (Å²) in [6.45, 7) is 1.77. The summed E-state index contributed by atoms with van der Waals surface area (Å²) in [5.74, 6) is 0.0588. The molecule has 9 nitrogen and oxygen atoms in total. The Hall–Kier alpha value is -1.96. The van der Waals surface area contributed by atoms with E-state index in [1.165, 1.54) is 6.07 Å². The van der Waals surface area contributed by atoms with Crippen molar-refractivity contribution in [3.05, 3.63) is 17.5 Å². The number of fused-ring (bicyclic) bond motifs is 2. The summed E-state index contributed by atoms with van der Waals surface area (Å²) in [4.78, 5) is 12.3. The molecule has 1 aromatic heterocycles. The Morgan fingerprint density at radius 2 is 1.96 bits per heavy atom. The molecule has 4 heterocycles. The fourth-order valence-electron chi connectivity index (χ4n) is 4.83. The van der Waals surface area contributed by atoms with Crippen LogP contribution in [0.2, 0.25) is 0 Å². The van der Waals surface area contributed by atoms with Gasteiger partial charge in [-0.15, -0.1) is 0 Å². The number of amides is 1. The van der Waals surface area contributed by atoms with E-state index in [1.807, 2.05) is 0 Å². The number of carbonyl (C=O) groups excluding carboxylic acids is 1. The van der Waals surface area contributed by atoms with Crippen LogP contribution >= 0.6 is 0 Å². The van der Waals surface area contributed by atoms with Crippen molar-refractivity contribution in [3.63, 3.8) is 0 Å². The molecule has 2 N–H and O–H groups in total. The number of nitrogens with zero attached hydrogens (tertiary/aromatic N) is 3. The highest BCUT2D eigenvalue weighted by molar-refractivity contribution is 7.89. The average Bonchev–Trinajstić information content (AvgIpc) is 3.26. The van der Waals surface area contributed by atoms with Crippen LogP contribution in [0.15, 0.2) is 10.6 Å². The van der Waals surface area contributed by atoms with E-state index < -0.39 is 10.0 Å². The highest BCUT2D eigenvalue weighted by Crippen LogP contribution is 2.38. The SMILES string of the molecule is N#Cc1cc(C(=O)NC2C[C@H]3CC[C@@H](C2)N3S(=O)(=O)CC2CCNCC2)no1. The summed E-state index contributed by atoms with van der Waals surface area (Å²) >= 11 is 0. The number of carbonyl (C=O) groups is 1. The van der Waals surface area contributed by atoms with Gasteiger partial charge in [0.2, 0.25) is 15.8 Å². The first-order valence-electron chi connectivity index (χ1n) is 9.86. The lowest BCUT2D eigenvalue weighted by atomic mass is 9.99. The van der Waals surface area contributed by atoms with E-state index in [4.69, 9.17) is 9.78 Å². The molecule has 0 radical (unpaired) electrons. The third kappa shape index (κ3) is 3.92. The van der Waals surface area contributed by atoms with Crippen molar-refractivity contribution in [2.45, 2.75) is 56.7 Å². The molecule has 3 saturated heterocycles. The lowest BCUT2D eigenvalue weighted by Gasteiger charge is -2.39. The van der Waals surface area contributed by atoms with Gasteiger partial charge in [0.25, 0.3) is 5.91 Å². The highest BCUT2D eigenvalue weighted by Gasteiger charge is 2.47. The fraction of sp³-hybridized carbons (Fsp3) is 0.722. The molecule has 0 saturated carbocycles.